The summed E-state index contributed by atoms with van der Waals surface area (Å²) in [4.78, 5) is 68.0. The van der Waals surface area contributed by atoms with Crippen LogP contribution in [0.4, 0.5) is 0 Å². The molecule has 0 amide bonds. The summed E-state index contributed by atoms with van der Waals surface area (Å²) in [5, 5.41) is 150. The smallest absolute Gasteiger partial charge is 0.295 e. The molecular weight excluding hydrogens is 1040 g/mol. The number of aliphatic hydroxyl groups excluding tert-OH is 14. The van der Waals surface area contributed by atoms with Gasteiger partial charge in [0, 0.05) is 0 Å². The third-order valence-electron chi connectivity index (χ3n) is 11.6. The van der Waals surface area contributed by atoms with Gasteiger partial charge >= 0.3 is 0 Å². The van der Waals surface area contributed by atoms with Crippen LogP contribution in [-0.2, 0) is 109 Å². The number of carbonyl (C=O) groups excluding carboxylic acids is 6. The highest BCUT2D eigenvalue weighted by atomic mass is 16.9. The van der Waals surface area contributed by atoms with Gasteiger partial charge in [-0.1, -0.05) is 7.43 Å². The highest BCUT2D eigenvalue weighted by molar-refractivity contribution is 5.39. The van der Waals surface area contributed by atoms with E-state index < -0.39 is 185 Å². The van der Waals surface area contributed by atoms with E-state index in [0.717, 1.165) is 0 Å². The van der Waals surface area contributed by atoms with E-state index in [1.807, 2.05) is 0 Å². The van der Waals surface area contributed by atoms with Crippen molar-refractivity contribution in [2.45, 2.75) is 193 Å². The van der Waals surface area contributed by atoms with Crippen molar-refractivity contribution in [1.82, 2.24) is 0 Å². The Hall–Kier alpha value is -4.18. The van der Waals surface area contributed by atoms with E-state index >= 15 is 0 Å². The quantitative estimate of drug-likeness (QED) is 0.0354. The van der Waals surface area contributed by atoms with Crippen molar-refractivity contribution in [1.29, 1.82) is 0 Å². The molecule has 6 heterocycles. The second-order valence-electron chi connectivity index (χ2n) is 16.0. The van der Waals surface area contributed by atoms with Crippen molar-refractivity contribution >= 4 is 38.8 Å². The van der Waals surface area contributed by atoms with Gasteiger partial charge in [-0.3, -0.25) is 28.8 Å². The summed E-state index contributed by atoms with van der Waals surface area (Å²) >= 11 is 0. The van der Waals surface area contributed by atoms with Crippen LogP contribution in [0, 0.1) is 0 Å². The molecule has 74 heavy (non-hydrogen) atoms. The zero-order valence-corrected chi connectivity index (χ0v) is 36.4. The summed E-state index contributed by atoms with van der Waals surface area (Å²) < 4.78 is 87.1. The minimum Gasteiger partial charge on any atom is -0.435 e. The highest BCUT2D eigenvalue weighted by Gasteiger charge is 2.59. The average Bonchev–Trinajstić information content (AvgIpc) is 3.36. The summed E-state index contributed by atoms with van der Waals surface area (Å²) in [5.74, 6) is 0. The zero-order valence-electron chi connectivity index (χ0n) is 36.4. The maximum absolute atomic E-state index is 11.6. The van der Waals surface area contributed by atoms with Gasteiger partial charge in [0.2, 0.25) is 37.7 Å². The maximum Gasteiger partial charge on any atom is 0.295 e. The van der Waals surface area contributed by atoms with Gasteiger partial charge in [0.1, 0.15) is 79.4 Å². The fourth-order valence-corrected chi connectivity index (χ4v) is 7.91. The molecule has 0 aromatic heterocycles. The second-order valence-corrected chi connectivity index (χ2v) is 16.0. The van der Waals surface area contributed by atoms with Crippen LogP contribution < -0.4 is 0 Å². The number of hydrogen-bond donors (Lipinski definition) is 14. The Morgan fingerprint density at radius 2 is 0.419 bits per heavy atom. The van der Waals surface area contributed by atoms with Crippen LogP contribution in [0.5, 0.6) is 0 Å². The summed E-state index contributed by atoms with van der Waals surface area (Å²) in [6, 6.07) is 0. The van der Waals surface area contributed by atoms with E-state index in [2.05, 4.69) is 9.47 Å². The summed E-state index contributed by atoms with van der Waals surface area (Å²) in [5.41, 5.74) is 0. The molecule has 14 N–H and O–H groups in total. The third-order valence-corrected chi connectivity index (χ3v) is 11.6. The molecule has 424 valence electrons. The first kappa shape index (κ1) is 60.7. The topological polar surface area (TPSA) is 543 Å². The van der Waals surface area contributed by atoms with Crippen molar-refractivity contribution in [3.63, 3.8) is 0 Å². The standard InChI is InChI=1S/C36H50O37.CH4/c37-1-57-26-14(50)7(43)15(51)27(69-26)64-21-9(45)17(53)29(71-33(21)59-3-39)66-23-11(47)19(55)31(73-35(23)61-5-41)67-24-12(48)18(54)30(72-36(24)62-6-42)65-22-10(46)16(52)28(70-34(22)60-4-40)63-20-8(44)13(49)25(56)68-32(20)58-2-38;/h1-36,43-56H;1H4/t7?,8?,9?,10?,11?,12?,13?,14-,15?,16+,17+,18+,19+,20-,21-,22-,23-,24-,25+,26?,27+,28+,29-,30-,31-,32?,33?,34?,35?,36?;/m0./s1. The van der Waals surface area contributed by atoms with E-state index in [9.17, 15) is 100 Å². The Morgan fingerprint density at radius 1 is 0.230 bits per heavy atom. The fraction of sp³-hybridized carbons (Fsp3) is 0.838. The van der Waals surface area contributed by atoms with E-state index in [0.29, 0.717) is 0 Å². The number of ether oxygens (including phenoxy) is 17. The number of carbonyl (C=O) groups is 6. The van der Waals surface area contributed by atoms with Crippen molar-refractivity contribution < 1.29 is 181 Å². The molecule has 0 saturated carbocycles. The summed E-state index contributed by atoms with van der Waals surface area (Å²) in [6.07, 6.45) is -65.9. The van der Waals surface area contributed by atoms with Gasteiger partial charge in [-0.15, -0.1) is 0 Å². The van der Waals surface area contributed by atoms with Crippen molar-refractivity contribution in [2.75, 3.05) is 0 Å². The van der Waals surface area contributed by atoms with Crippen LogP contribution in [0.3, 0.4) is 0 Å². The van der Waals surface area contributed by atoms with Crippen LogP contribution in [0.1, 0.15) is 7.43 Å². The SMILES string of the molecule is C.O=COC1O[C@@H](O[C@@H]2C(OC=O)O[C@H](O[C@@H]3C(OC=O)O[C@H](O[C@@H]4C(OC=O)O[C@H](O[C@@H]5C(OC=O)O[C@@H](O[C@@H]6C(OC=O)O[C@@H](O)C(O)C6O)[C@H](O)C5O)[C@H](O)C4O)[C@H](O)C3O)[C@H](O)C2O)C(O)C(O)[C@@H]1O. The lowest BCUT2D eigenvalue weighted by molar-refractivity contribution is -0.429. The lowest BCUT2D eigenvalue weighted by atomic mass is 9.99. The average molecular weight is 1090 g/mol. The van der Waals surface area contributed by atoms with E-state index in [4.69, 9.17) is 71.1 Å². The van der Waals surface area contributed by atoms with Crippen molar-refractivity contribution in [3.8, 4) is 0 Å². The monoisotopic (exact) mass is 1090 g/mol. The normalized spacial score (nSPS) is 48.6. The Labute approximate surface area is 412 Å². The van der Waals surface area contributed by atoms with Gasteiger partial charge in [-0.2, -0.15) is 0 Å². The molecule has 0 aromatic carbocycles. The Morgan fingerprint density at radius 3 is 0.676 bits per heavy atom. The van der Waals surface area contributed by atoms with Crippen LogP contribution in [0.2, 0.25) is 0 Å². The lowest BCUT2D eigenvalue weighted by Gasteiger charge is -2.48. The van der Waals surface area contributed by atoms with E-state index in [1.165, 1.54) is 0 Å². The Kier molecular flexibility index (Phi) is 21.9. The number of hydrogen-bond acceptors (Lipinski definition) is 37. The molecule has 0 aromatic rings. The van der Waals surface area contributed by atoms with Gasteiger partial charge in [-0.25, -0.2) is 0 Å². The first-order valence-corrected chi connectivity index (χ1v) is 21.0. The summed E-state index contributed by atoms with van der Waals surface area (Å²) in [7, 11) is 0. The molecule has 6 saturated heterocycles. The van der Waals surface area contributed by atoms with Gasteiger partial charge in [0.15, 0.2) is 68.3 Å². The molecule has 0 radical (unpaired) electrons. The Bertz CT molecular complexity index is 1800. The largest absolute Gasteiger partial charge is 0.435 e. The van der Waals surface area contributed by atoms with E-state index in [1.54, 1.807) is 0 Å². The summed E-state index contributed by atoms with van der Waals surface area (Å²) in [6.45, 7) is -1.49. The van der Waals surface area contributed by atoms with Crippen LogP contribution in [-0.4, -0.2) is 296 Å². The molecule has 6 aliphatic rings. The molecule has 14 unspecified atom stereocenters. The molecule has 6 rings (SSSR count). The molecule has 0 bridgehead atoms. The predicted octanol–water partition coefficient (Wildman–Crippen LogP) is -12.6. The molecule has 6 aliphatic heterocycles. The maximum atomic E-state index is 11.6. The predicted molar refractivity (Wildman–Crippen MR) is 206 cm³/mol. The Balaban J connectivity index is 0.0000101. The van der Waals surface area contributed by atoms with Crippen LogP contribution >= 0.6 is 0 Å². The van der Waals surface area contributed by atoms with Crippen molar-refractivity contribution in [2.24, 2.45) is 0 Å². The van der Waals surface area contributed by atoms with Crippen molar-refractivity contribution in [3.05, 3.63) is 0 Å². The second kappa shape index (κ2) is 26.7. The molecule has 37 nitrogen and oxygen atoms in total. The highest BCUT2D eigenvalue weighted by Crippen LogP contribution is 2.37. The molecule has 37 heteroatoms. The fourth-order valence-electron chi connectivity index (χ4n) is 7.91. The van der Waals surface area contributed by atoms with E-state index in [-0.39, 0.29) is 46.3 Å². The van der Waals surface area contributed by atoms with Gasteiger partial charge in [-0.05, 0) is 0 Å². The third kappa shape index (κ3) is 12.8. The first-order chi connectivity index (χ1) is 34.8. The van der Waals surface area contributed by atoms with Gasteiger partial charge < -0.3 is 152 Å². The molecule has 0 spiro atoms. The molecule has 6 fully saturated rings. The number of aliphatic hydroxyl groups is 14. The minimum atomic E-state index is -2.41. The van der Waals surface area contributed by atoms with Crippen LogP contribution in [0.15, 0.2) is 0 Å². The first-order valence-electron chi connectivity index (χ1n) is 21.0. The molecule has 30 atom stereocenters. The molecule has 0 aliphatic carbocycles. The van der Waals surface area contributed by atoms with Gasteiger partial charge in [0.25, 0.3) is 38.8 Å². The van der Waals surface area contributed by atoms with Crippen LogP contribution in [0.25, 0.3) is 0 Å². The minimum absolute atomic E-state index is 0. The molecular formula is C37H54O37. The zero-order chi connectivity index (χ0) is 53.6. The number of rotatable bonds is 22. The van der Waals surface area contributed by atoms with Gasteiger partial charge in [0.05, 0.1) is 0 Å². The lowest BCUT2D eigenvalue weighted by Crippen LogP contribution is -2.68.